The summed E-state index contributed by atoms with van der Waals surface area (Å²) < 4.78 is 5.46. The van der Waals surface area contributed by atoms with Gasteiger partial charge in [-0.2, -0.15) is 0 Å². The summed E-state index contributed by atoms with van der Waals surface area (Å²) in [7, 11) is 1.68. The summed E-state index contributed by atoms with van der Waals surface area (Å²) in [6.07, 6.45) is 3.37. The van der Waals surface area contributed by atoms with Gasteiger partial charge in [0.25, 0.3) is 0 Å². The molecule has 0 amide bonds. The summed E-state index contributed by atoms with van der Waals surface area (Å²) >= 11 is 6.11. The van der Waals surface area contributed by atoms with Gasteiger partial charge in [0.1, 0.15) is 5.75 Å². The van der Waals surface area contributed by atoms with Gasteiger partial charge in [0, 0.05) is 22.7 Å². The van der Waals surface area contributed by atoms with Gasteiger partial charge in [-0.25, -0.2) is 0 Å². The first kappa shape index (κ1) is 13.7. The highest BCUT2D eigenvalue weighted by Gasteiger charge is 2.21. The van der Waals surface area contributed by atoms with Crippen molar-refractivity contribution in [1.82, 2.24) is 5.32 Å². The van der Waals surface area contributed by atoms with Crippen molar-refractivity contribution in [3.63, 3.8) is 0 Å². The van der Waals surface area contributed by atoms with Crippen LogP contribution in [-0.2, 0) is 0 Å². The van der Waals surface area contributed by atoms with Crippen LogP contribution in [0, 0.1) is 6.92 Å². The molecule has 1 fully saturated rings. The number of hydrogen-bond donors (Lipinski definition) is 2. The number of nitrogens with one attached hydrogen (secondary N) is 1. The summed E-state index contributed by atoms with van der Waals surface area (Å²) in [5, 5.41) is 4.19. The molecule has 3 nitrogen and oxygen atoms in total. The van der Waals surface area contributed by atoms with E-state index in [2.05, 4.69) is 5.32 Å². The van der Waals surface area contributed by atoms with E-state index in [1.165, 1.54) is 12.8 Å². The zero-order valence-electron chi connectivity index (χ0n) is 11.0. The molecule has 0 radical (unpaired) electrons. The fraction of sp³-hybridized carbons (Fsp3) is 0.571. The van der Waals surface area contributed by atoms with Crippen LogP contribution in [0.5, 0.6) is 5.75 Å². The Balaban J connectivity index is 2.19. The highest BCUT2D eigenvalue weighted by atomic mass is 35.5. The molecule has 1 aliphatic heterocycles. The number of methoxy groups -OCH3 is 1. The van der Waals surface area contributed by atoms with Gasteiger partial charge >= 0.3 is 0 Å². The van der Waals surface area contributed by atoms with Crippen molar-refractivity contribution in [2.75, 3.05) is 13.7 Å². The fourth-order valence-corrected chi connectivity index (χ4v) is 2.98. The van der Waals surface area contributed by atoms with Gasteiger partial charge in [-0.05, 0) is 50.4 Å². The Hall–Kier alpha value is -0.770. The Morgan fingerprint density at radius 1 is 1.56 bits per heavy atom. The lowest BCUT2D eigenvalue weighted by Crippen LogP contribution is -2.27. The van der Waals surface area contributed by atoms with E-state index in [4.69, 9.17) is 22.1 Å². The average molecular weight is 269 g/mol. The molecule has 2 rings (SSSR count). The molecule has 4 heteroatoms. The Bertz CT molecular complexity index is 417. The van der Waals surface area contributed by atoms with Crippen LogP contribution < -0.4 is 15.8 Å². The van der Waals surface area contributed by atoms with E-state index in [-0.39, 0.29) is 6.04 Å². The van der Waals surface area contributed by atoms with Crippen LogP contribution in [0.25, 0.3) is 0 Å². The maximum absolute atomic E-state index is 6.31. The zero-order valence-corrected chi connectivity index (χ0v) is 11.8. The lowest BCUT2D eigenvalue weighted by Gasteiger charge is -2.21. The van der Waals surface area contributed by atoms with Crippen LogP contribution in [0.2, 0.25) is 5.02 Å². The third-order valence-electron chi connectivity index (χ3n) is 3.57. The third kappa shape index (κ3) is 2.97. The highest BCUT2D eigenvalue weighted by Crippen LogP contribution is 2.33. The van der Waals surface area contributed by atoms with Gasteiger partial charge in [-0.1, -0.05) is 11.6 Å². The van der Waals surface area contributed by atoms with Gasteiger partial charge in [0.05, 0.1) is 7.11 Å². The lowest BCUT2D eigenvalue weighted by atomic mass is 9.96. The predicted molar refractivity (Wildman–Crippen MR) is 75.3 cm³/mol. The fourth-order valence-electron chi connectivity index (χ4n) is 2.70. The molecule has 1 aromatic rings. The van der Waals surface area contributed by atoms with Crippen LogP contribution >= 0.6 is 11.6 Å². The minimum atomic E-state index is -0.0343. The van der Waals surface area contributed by atoms with Gasteiger partial charge in [-0.15, -0.1) is 0 Å². The molecule has 3 N–H and O–H groups in total. The topological polar surface area (TPSA) is 47.3 Å². The van der Waals surface area contributed by atoms with Crippen molar-refractivity contribution >= 4 is 11.6 Å². The monoisotopic (exact) mass is 268 g/mol. The van der Waals surface area contributed by atoms with Gasteiger partial charge in [0.2, 0.25) is 0 Å². The van der Waals surface area contributed by atoms with Crippen molar-refractivity contribution < 1.29 is 4.74 Å². The van der Waals surface area contributed by atoms with E-state index < -0.39 is 0 Å². The first-order chi connectivity index (χ1) is 8.61. The molecule has 2 unspecified atom stereocenters. The number of hydrogen-bond acceptors (Lipinski definition) is 3. The normalized spacial score (nSPS) is 21.0. The molecule has 1 saturated heterocycles. The quantitative estimate of drug-likeness (QED) is 0.883. The maximum atomic E-state index is 6.31. The molecule has 0 spiro atoms. The van der Waals surface area contributed by atoms with E-state index in [0.29, 0.717) is 6.04 Å². The number of halogens is 1. The molecule has 1 aromatic carbocycles. The first-order valence-corrected chi connectivity index (χ1v) is 6.82. The third-order valence-corrected chi connectivity index (χ3v) is 3.79. The molecule has 100 valence electrons. The number of benzene rings is 1. The summed E-state index contributed by atoms with van der Waals surface area (Å²) in [5.74, 6) is 0.866. The lowest BCUT2D eigenvalue weighted by molar-refractivity contribution is 0.396. The van der Waals surface area contributed by atoms with Crippen LogP contribution in [0.15, 0.2) is 12.1 Å². The molecule has 0 bridgehead atoms. The first-order valence-electron chi connectivity index (χ1n) is 6.45. The molecule has 0 aromatic heterocycles. The molecule has 0 saturated carbocycles. The number of aryl methyl sites for hydroxylation is 1. The van der Waals surface area contributed by atoms with Gasteiger partial charge in [-0.3, -0.25) is 0 Å². The molecular formula is C14H21ClN2O. The van der Waals surface area contributed by atoms with Crippen molar-refractivity contribution in [2.45, 2.75) is 38.3 Å². The number of rotatable bonds is 4. The van der Waals surface area contributed by atoms with E-state index >= 15 is 0 Å². The second-order valence-corrected chi connectivity index (χ2v) is 5.42. The minimum Gasteiger partial charge on any atom is -0.496 e. The Morgan fingerprint density at radius 2 is 2.33 bits per heavy atom. The molecule has 18 heavy (non-hydrogen) atoms. The van der Waals surface area contributed by atoms with Crippen molar-refractivity contribution in [3.8, 4) is 5.75 Å². The van der Waals surface area contributed by atoms with E-state index in [1.807, 2.05) is 19.1 Å². The van der Waals surface area contributed by atoms with Crippen LogP contribution in [0.3, 0.4) is 0 Å². The van der Waals surface area contributed by atoms with Crippen molar-refractivity contribution in [2.24, 2.45) is 5.73 Å². The standard InChI is InChI=1S/C14H21ClN2O/c1-9-6-10(15)7-12(14(9)18-2)13(16)8-11-4-3-5-17-11/h6-7,11,13,17H,3-5,8,16H2,1-2H3. The molecule has 2 atom stereocenters. The van der Waals surface area contributed by atoms with Crippen LogP contribution in [0.4, 0.5) is 0 Å². The van der Waals surface area contributed by atoms with Crippen LogP contribution in [0.1, 0.15) is 36.4 Å². The van der Waals surface area contributed by atoms with Crippen molar-refractivity contribution in [3.05, 3.63) is 28.3 Å². The van der Waals surface area contributed by atoms with Gasteiger partial charge < -0.3 is 15.8 Å². The van der Waals surface area contributed by atoms with E-state index in [0.717, 1.165) is 34.9 Å². The second-order valence-electron chi connectivity index (χ2n) is 4.98. The average Bonchev–Trinajstić information content (AvgIpc) is 2.80. The highest BCUT2D eigenvalue weighted by molar-refractivity contribution is 6.30. The molecular weight excluding hydrogens is 248 g/mol. The van der Waals surface area contributed by atoms with E-state index in [1.54, 1.807) is 7.11 Å². The summed E-state index contributed by atoms with van der Waals surface area (Å²) in [4.78, 5) is 0. The maximum Gasteiger partial charge on any atom is 0.126 e. The van der Waals surface area contributed by atoms with Crippen molar-refractivity contribution in [1.29, 1.82) is 0 Å². The Morgan fingerprint density at radius 3 is 2.94 bits per heavy atom. The second kappa shape index (κ2) is 5.91. The summed E-state index contributed by atoms with van der Waals surface area (Å²) in [6.45, 7) is 3.10. The Kier molecular flexibility index (Phi) is 4.49. The van der Waals surface area contributed by atoms with Gasteiger partial charge in [0.15, 0.2) is 0 Å². The molecule has 1 aliphatic rings. The number of nitrogens with two attached hydrogens (primary N) is 1. The largest absolute Gasteiger partial charge is 0.496 e. The molecule has 1 heterocycles. The smallest absolute Gasteiger partial charge is 0.126 e. The summed E-state index contributed by atoms with van der Waals surface area (Å²) in [5.41, 5.74) is 8.36. The molecule has 0 aliphatic carbocycles. The zero-order chi connectivity index (χ0) is 13.1. The predicted octanol–water partition coefficient (Wildman–Crippen LogP) is 2.80. The van der Waals surface area contributed by atoms with Crippen LogP contribution in [-0.4, -0.2) is 19.7 Å². The van der Waals surface area contributed by atoms with E-state index in [9.17, 15) is 0 Å². The Labute approximate surface area is 114 Å². The SMILES string of the molecule is COc1c(C)cc(Cl)cc1C(N)CC1CCCN1. The minimum absolute atomic E-state index is 0.0343. The number of ether oxygens (including phenoxy) is 1. The summed E-state index contributed by atoms with van der Waals surface area (Å²) in [6, 6.07) is 4.31.